The van der Waals surface area contributed by atoms with Gasteiger partial charge in [0.1, 0.15) is 5.60 Å². The second kappa shape index (κ2) is 6.82. The van der Waals surface area contributed by atoms with Gasteiger partial charge >= 0.3 is 6.09 Å². The predicted molar refractivity (Wildman–Crippen MR) is 83.8 cm³/mol. The van der Waals surface area contributed by atoms with E-state index in [0.29, 0.717) is 5.92 Å². The van der Waals surface area contributed by atoms with Crippen LogP contribution in [0.15, 0.2) is 0 Å². The number of ether oxygens (including phenoxy) is 1. The van der Waals surface area contributed by atoms with Crippen molar-refractivity contribution < 1.29 is 9.53 Å². The lowest BCUT2D eigenvalue weighted by Gasteiger charge is -2.45. The summed E-state index contributed by atoms with van der Waals surface area (Å²) in [6.07, 6.45) is 5.86. The molecule has 3 heteroatoms. The molecule has 1 heterocycles. The third-order valence-corrected chi connectivity index (χ3v) is 4.50. The first-order valence-electron chi connectivity index (χ1n) is 8.19. The Morgan fingerprint density at radius 2 is 2.00 bits per heavy atom. The number of hydrogen-bond donors (Lipinski definition) is 0. The predicted octanol–water partition coefficient (Wildman–Crippen LogP) is 4.85. The lowest BCUT2D eigenvalue weighted by Crippen LogP contribution is -2.49. The standard InChI is InChI=1S/C17H33NO2/c1-7-10-14(8-2)17(6)11-9-12-18(13-17)15(19)20-16(3,4)5/h14H,7-13H2,1-6H3. The monoisotopic (exact) mass is 283 g/mol. The molecule has 0 aromatic carbocycles. The van der Waals surface area contributed by atoms with E-state index in [2.05, 4.69) is 20.8 Å². The Hall–Kier alpha value is -0.730. The molecule has 0 aromatic rings. The second-order valence-electron chi connectivity index (χ2n) is 7.55. The van der Waals surface area contributed by atoms with E-state index in [4.69, 9.17) is 4.74 Å². The summed E-state index contributed by atoms with van der Waals surface area (Å²) in [5.41, 5.74) is -0.154. The fourth-order valence-electron chi connectivity index (χ4n) is 3.48. The molecule has 1 rings (SSSR count). The van der Waals surface area contributed by atoms with Gasteiger partial charge in [0.05, 0.1) is 0 Å². The third-order valence-electron chi connectivity index (χ3n) is 4.50. The van der Waals surface area contributed by atoms with Gasteiger partial charge in [0.15, 0.2) is 0 Å². The van der Waals surface area contributed by atoms with Crippen LogP contribution in [0.1, 0.15) is 73.6 Å². The summed E-state index contributed by atoms with van der Waals surface area (Å²) < 4.78 is 5.53. The highest BCUT2D eigenvalue weighted by Gasteiger charge is 2.39. The van der Waals surface area contributed by atoms with Gasteiger partial charge in [-0.3, -0.25) is 0 Å². The molecule has 0 aromatic heterocycles. The molecule has 0 saturated carbocycles. The van der Waals surface area contributed by atoms with Gasteiger partial charge in [0, 0.05) is 13.1 Å². The van der Waals surface area contributed by atoms with Crippen LogP contribution < -0.4 is 0 Å². The molecular weight excluding hydrogens is 250 g/mol. The molecule has 3 nitrogen and oxygen atoms in total. The van der Waals surface area contributed by atoms with E-state index in [1.165, 1.54) is 25.7 Å². The Kier molecular flexibility index (Phi) is 5.91. The molecule has 0 radical (unpaired) electrons. The molecule has 2 unspecified atom stereocenters. The normalized spacial score (nSPS) is 25.4. The number of piperidine rings is 1. The second-order valence-corrected chi connectivity index (χ2v) is 7.55. The summed E-state index contributed by atoms with van der Waals surface area (Å²) in [5.74, 6) is 0.706. The van der Waals surface area contributed by atoms with Crippen molar-refractivity contribution in [2.45, 2.75) is 79.2 Å². The van der Waals surface area contributed by atoms with Gasteiger partial charge in [-0.05, 0) is 44.9 Å². The first-order chi connectivity index (χ1) is 9.22. The molecule has 118 valence electrons. The highest BCUT2D eigenvalue weighted by molar-refractivity contribution is 5.68. The van der Waals surface area contributed by atoms with Crippen molar-refractivity contribution in [1.29, 1.82) is 0 Å². The van der Waals surface area contributed by atoms with E-state index in [9.17, 15) is 4.79 Å². The SMILES string of the molecule is CCCC(CC)C1(C)CCCN(C(=O)OC(C)(C)C)C1. The summed E-state index contributed by atoms with van der Waals surface area (Å²) in [7, 11) is 0. The number of hydrogen-bond acceptors (Lipinski definition) is 2. The van der Waals surface area contributed by atoms with Gasteiger partial charge in [-0.1, -0.05) is 40.0 Å². The van der Waals surface area contributed by atoms with E-state index in [0.717, 1.165) is 19.5 Å². The summed E-state index contributed by atoms with van der Waals surface area (Å²) in [4.78, 5) is 14.2. The lowest BCUT2D eigenvalue weighted by atomic mass is 9.69. The molecule has 1 fully saturated rings. The minimum atomic E-state index is -0.404. The average molecular weight is 283 g/mol. The van der Waals surface area contributed by atoms with Crippen LogP contribution in [-0.2, 0) is 4.74 Å². The van der Waals surface area contributed by atoms with Gasteiger partial charge in [0.25, 0.3) is 0 Å². The Balaban J connectivity index is 2.72. The fraction of sp³-hybridized carbons (Fsp3) is 0.941. The first-order valence-corrected chi connectivity index (χ1v) is 8.19. The third kappa shape index (κ3) is 4.68. The highest BCUT2D eigenvalue weighted by Crippen LogP contribution is 2.41. The molecule has 1 amide bonds. The van der Waals surface area contributed by atoms with Crippen molar-refractivity contribution in [3.05, 3.63) is 0 Å². The molecule has 0 N–H and O–H groups in total. The summed E-state index contributed by atoms with van der Waals surface area (Å²) in [5, 5.41) is 0. The van der Waals surface area contributed by atoms with Crippen LogP contribution in [0.25, 0.3) is 0 Å². The van der Waals surface area contributed by atoms with Crippen molar-refractivity contribution in [2.75, 3.05) is 13.1 Å². The van der Waals surface area contributed by atoms with Crippen LogP contribution in [0.4, 0.5) is 4.79 Å². The Morgan fingerprint density at radius 1 is 1.35 bits per heavy atom. The van der Waals surface area contributed by atoms with Crippen molar-refractivity contribution in [3.63, 3.8) is 0 Å². The van der Waals surface area contributed by atoms with Crippen molar-refractivity contribution >= 4 is 6.09 Å². The molecule has 2 atom stereocenters. The fourth-order valence-corrected chi connectivity index (χ4v) is 3.48. The Bertz CT molecular complexity index is 321. The zero-order chi connectivity index (χ0) is 15.4. The number of likely N-dealkylation sites (tertiary alicyclic amines) is 1. The van der Waals surface area contributed by atoms with Gasteiger partial charge in [0.2, 0.25) is 0 Å². The quantitative estimate of drug-likeness (QED) is 0.738. The number of nitrogens with zero attached hydrogens (tertiary/aromatic N) is 1. The summed E-state index contributed by atoms with van der Waals surface area (Å²) >= 11 is 0. The van der Waals surface area contributed by atoms with E-state index < -0.39 is 5.60 Å². The van der Waals surface area contributed by atoms with Crippen molar-refractivity contribution in [3.8, 4) is 0 Å². The minimum absolute atomic E-state index is 0.144. The largest absolute Gasteiger partial charge is 0.444 e. The topological polar surface area (TPSA) is 29.5 Å². The minimum Gasteiger partial charge on any atom is -0.444 e. The molecule has 1 saturated heterocycles. The number of amides is 1. The Labute approximate surface area is 125 Å². The zero-order valence-electron chi connectivity index (χ0n) is 14.3. The number of rotatable bonds is 4. The molecule has 0 aliphatic carbocycles. The molecule has 1 aliphatic heterocycles. The lowest BCUT2D eigenvalue weighted by molar-refractivity contribution is -0.00631. The number of carbonyl (C=O) groups is 1. The molecule has 1 aliphatic rings. The van der Waals surface area contributed by atoms with Crippen LogP contribution in [0.2, 0.25) is 0 Å². The van der Waals surface area contributed by atoms with Crippen LogP contribution in [0, 0.1) is 11.3 Å². The first kappa shape index (κ1) is 17.3. The highest BCUT2D eigenvalue weighted by atomic mass is 16.6. The molecular formula is C17H33NO2. The van der Waals surface area contributed by atoms with Gasteiger partial charge < -0.3 is 9.64 Å². The molecule has 0 spiro atoms. The Morgan fingerprint density at radius 3 is 2.50 bits per heavy atom. The van der Waals surface area contributed by atoms with Gasteiger partial charge in [-0.15, -0.1) is 0 Å². The molecule has 20 heavy (non-hydrogen) atoms. The van der Waals surface area contributed by atoms with Gasteiger partial charge in [-0.2, -0.15) is 0 Å². The van der Waals surface area contributed by atoms with Gasteiger partial charge in [-0.25, -0.2) is 4.79 Å². The maximum absolute atomic E-state index is 12.3. The average Bonchev–Trinajstić information content (AvgIpc) is 2.33. The van der Waals surface area contributed by atoms with Crippen molar-refractivity contribution in [1.82, 2.24) is 4.90 Å². The smallest absolute Gasteiger partial charge is 0.410 e. The van der Waals surface area contributed by atoms with E-state index in [-0.39, 0.29) is 11.5 Å². The summed E-state index contributed by atoms with van der Waals surface area (Å²) in [6.45, 7) is 14.4. The maximum Gasteiger partial charge on any atom is 0.410 e. The van der Waals surface area contributed by atoms with Crippen LogP contribution in [0.3, 0.4) is 0 Å². The van der Waals surface area contributed by atoms with Crippen molar-refractivity contribution in [2.24, 2.45) is 11.3 Å². The number of carbonyl (C=O) groups excluding carboxylic acids is 1. The van der Waals surface area contributed by atoms with Crippen LogP contribution in [-0.4, -0.2) is 29.7 Å². The van der Waals surface area contributed by atoms with Crippen LogP contribution in [0.5, 0.6) is 0 Å². The molecule has 0 bridgehead atoms. The maximum atomic E-state index is 12.3. The zero-order valence-corrected chi connectivity index (χ0v) is 14.3. The van der Waals surface area contributed by atoms with E-state index in [1.54, 1.807) is 0 Å². The van der Waals surface area contributed by atoms with Crippen LogP contribution >= 0.6 is 0 Å². The van der Waals surface area contributed by atoms with E-state index >= 15 is 0 Å². The van der Waals surface area contributed by atoms with E-state index in [1.807, 2.05) is 25.7 Å². The summed E-state index contributed by atoms with van der Waals surface area (Å²) in [6, 6.07) is 0.